The van der Waals surface area contributed by atoms with Crippen LogP contribution in [0.5, 0.6) is 0 Å². The van der Waals surface area contributed by atoms with Crippen LogP contribution in [-0.4, -0.2) is 40.6 Å². The average molecular weight is 253 g/mol. The summed E-state index contributed by atoms with van der Waals surface area (Å²) >= 11 is 0. The molecule has 0 unspecified atom stereocenters. The van der Waals surface area contributed by atoms with E-state index in [9.17, 15) is 4.57 Å². The van der Waals surface area contributed by atoms with E-state index in [1.54, 1.807) is 14.2 Å². The number of methoxy groups -OCH3 is 2. The van der Waals surface area contributed by atoms with Crippen LogP contribution < -0.4 is 0 Å². The quantitative estimate of drug-likeness (QED) is 0.395. The lowest BCUT2D eigenvalue weighted by Gasteiger charge is -1.96. The number of ether oxygens (including phenoxy) is 2. The van der Waals surface area contributed by atoms with Crippen molar-refractivity contribution in [2.75, 3.05) is 40.6 Å². The Morgan fingerprint density at radius 3 is 1.50 bits per heavy atom. The number of rotatable bonds is 12. The summed E-state index contributed by atoms with van der Waals surface area (Å²) in [4.78, 5) is 0. The first-order valence-corrected chi connectivity index (χ1v) is 6.61. The Kier molecular flexibility index (Phi) is 13.0. The van der Waals surface area contributed by atoms with Gasteiger partial charge < -0.3 is 9.47 Å². The van der Waals surface area contributed by atoms with Crippen LogP contribution in [0.1, 0.15) is 25.7 Å². The fourth-order valence-corrected chi connectivity index (χ4v) is 1.64. The van der Waals surface area contributed by atoms with Crippen molar-refractivity contribution >= 4 is 8.25 Å². The summed E-state index contributed by atoms with van der Waals surface area (Å²) in [6.45, 7) is 2.32. The van der Waals surface area contributed by atoms with Gasteiger partial charge in [-0.1, -0.05) is 0 Å². The monoisotopic (exact) mass is 253 g/mol. The minimum absolute atomic E-state index is 0.455. The van der Waals surface area contributed by atoms with Crippen LogP contribution in [0.15, 0.2) is 0 Å². The van der Waals surface area contributed by atoms with Crippen LogP contribution in [0, 0.1) is 0 Å². The Balaban J connectivity index is 3.12. The summed E-state index contributed by atoms with van der Waals surface area (Å²) in [6, 6.07) is 0. The summed E-state index contributed by atoms with van der Waals surface area (Å²) in [6.07, 6.45) is 3.49. The van der Waals surface area contributed by atoms with E-state index in [4.69, 9.17) is 18.5 Å². The molecule has 0 aliphatic carbocycles. The van der Waals surface area contributed by atoms with E-state index in [-0.39, 0.29) is 0 Å². The Labute approximate surface area is 98.4 Å². The van der Waals surface area contributed by atoms with Gasteiger partial charge in [0, 0.05) is 32.0 Å². The minimum atomic E-state index is -1.95. The predicted molar refractivity (Wildman–Crippen MR) is 61.7 cm³/mol. The zero-order valence-electron chi connectivity index (χ0n) is 10.1. The molecular weight excluding hydrogens is 231 g/mol. The molecule has 0 aromatic carbocycles. The van der Waals surface area contributed by atoms with Gasteiger partial charge in [0.25, 0.3) is 0 Å². The van der Waals surface area contributed by atoms with E-state index in [0.717, 1.165) is 25.7 Å². The van der Waals surface area contributed by atoms with Crippen LogP contribution in [-0.2, 0) is 23.1 Å². The van der Waals surface area contributed by atoms with Gasteiger partial charge in [0.1, 0.15) is 13.2 Å². The summed E-state index contributed by atoms with van der Waals surface area (Å²) in [5, 5.41) is 0. The first kappa shape index (κ1) is 15.9. The molecule has 5 nitrogen and oxygen atoms in total. The van der Waals surface area contributed by atoms with Gasteiger partial charge in [-0.05, 0) is 25.7 Å². The summed E-state index contributed by atoms with van der Waals surface area (Å²) in [5.74, 6) is 0. The SMILES string of the molecule is COCCCCO[P+](=O)OCCCCOC. The molecule has 0 spiro atoms. The Morgan fingerprint density at radius 2 is 1.12 bits per heavy atom. The largest absolute Gasteiger partial charge is 0.697 e. The van der Waals surface area contributed by atoms with Gasteiger partial charge in [-0.25, -0.2) is 0 Å². The molecule has 0 bridgehead atoms. The van der Waals surface area contributed by atoms with E-state index in [2.05, 4.69) is 0 Å². The van der Waals surface area contributed by atoms with E-state index < -0.39 is 8.25 Å². The van der Waals surface area contributed by atoms with E-state index in [1.807, 2.05) is 0 Å². The van der Waals surface area contributed by atoms with Gasteiger partial charge in [0.15, 0.2) is 0 Å². The van der Waals surface area contributed by atoms with Crippen molar-refractivity contribution in [3.8, 4) is 0 Å². The second kappa shape index (κ2) is 13.0. The molecule has 0 fully saturated rings. The highest BCUT2D eigenvalue weighted by Gasteiger charge is 2.18. The molecule has 0 N–H and O–H groups in total. The van der Waals surface area contributed by atoms with Crippen molar-refractivity contribution in [2.24, 2.45) is 0 Å². The minimum Gasteiger partial charge on any atom is -0.385 e. The van der Waals surface area contributed by atoms with Crippen molar-refractivity contribution in [3.05, 3.63) is 0 Å². The molecule has 0 rings (SSSR count). The van der Waals surface area contributed by atoms with E-state index in [1.165, 1.54) is 0 Å². The van der Waals surface area contributed by atoms with Gasteiger partial charge in [-0.15, -0.1) is 9.05 Å². The zero-order valence-corrected chi connectivity index (χ0v) is 11.0. The van der Waals surface area contributed by atoms with Gasteiger partial charge in [-0.3, -0.25) is 0 Å². The fraction of sp³-hybridized carbons (Fsp3) is 1.00. The molecule has 16 heavy (non-hydrogen) atoms. The maximum atomic E-state index is 11.1. The van der Waals surface area contributed by atoms with Crippen molar-refractivity contribution in [3.63, 3.8) is 0 Å². The van der Waals surface area contributed by atoms with Gasteiger partial charge in [0.05, 0.1) is 0 Å². The number of unbranched alkanes of at least 4 members (excludes halogenated alkanes) is 2. The van der Waals surface area contributed by atoms with Crippen molar-refractivity contribution in [1.29, 1.82) is 0 Å². The highest BCUT2D eigenvalue weighted by molar-refractivity contribution is 7.33. The topological polar surface area (TPSA) is 54.0 Å². The normalized spacial score (nSPS) is 10.6. The predicted octanol–water partition coefficient (Wildman–Crippen LogP) is 2.53. The molecule has 0 aliphatic rings. The fourth-order valence-electron chi connectivity index (χ4n) is 1.01. The number of hydrogen-bond donors (Lipinski definition) is 0. The van der Waals surface area contributed by atoms with Gasteiger partial charge in [-0.2, -0.15) is 0 Å². The first-order chi connectivity index (χ1) is 7.81. The molecular formula is C10H22O5P+. The van der Waals surface area contributed by atoms with Gasteiger partial charge in [0.2, 0.25) is 0 Å². The zero-order chi connectivity index (χ0) is 12.1. The molecule has 0 atom stereocenters. The molecule has 0 saturated heterocycles. The average Bonchev–Trinajstić information content (AvgIpc) is 2.28. The third-order valence-electron chi connectivity index (χ3n) is 1.88. The Hall–Kier alpha value is -0.0600. The summed E-state index contributed by atoms with van der Waals surface area (Å²) in [5.41, 5.74) is 0. The number of hydrogen-bond acceptors (Lipinski definition) is 5. The molecule has 0 saturated carbocycles. The third-order valence-corrected chi connectivity index (χ3v) is 2.67. The lowest BCUT2D eigenvalue weighted by Crippen LogP contribution is -1.95. The first-order valence-electron chi connectivity index (χ1n) is 5.52. The van der Waals surface area contributed by atoms with E-state index >= 15 is 0 Å². The van der Waals surface area contributed by atoms with Crippen LogP contribution in [0.2, 0.25) is 0 Å². The summed E-state index contributed by atoms with van der Waals surface area (Å²) < 4.78 is 30.9. The second-order valence-corrected chi connectivity index (χ2v) is 4.25. The molecule has 0 radical (unpaired) electrons. The van der Waals surface area contributed by atoms with Crippen LogP contribution >= 0.6 is 8.25 Å². The van der Waals surface area contributed by atoms with Crippen molar-refractivity contribution < 1.29 is 23.1 Å². The molecule has 96 valence electrons. The van der Waals surface area contributed by atoms with Crippen molar-refractivity contribution in [2.45, 2.75) is 25.7 Å². The highest BCUT2D eigenvalue weighted by Crippen LogP contribution is 2.24. The molecule has 0 amide bonds. The maximum Gasteiger partial charge on any atom is 0.697 e. The Bertz CT molecular complexity index is 149. The lowest BCUT2D eigenvalue weighted by atomic mass is 10.3. The maximum absolute atomic E-state index is 11.1. The van der Waals surface area contributed by atoms with Gasteiger partial charge >= 0.3 is 8.25 Å². The second-order valence-electron chi connectivity index (χ2n) is 3.29. The van der Waals surface area contributed by atoms with Crippen LogP contribution in [0.25, 0.3) is 0 Å². The highest BCUT2D eigenvalue weighted by atomic mass is 31.1. The van der Waals surface area contributed by atoms with Crippen molar-refractivity contribution in [1.82, 2.24) is 0 Å². The molecule has 6 heteroatoms. The van der Waals surface area contributed by atoms with E-state index in [0.29, 0.717) is 26.4 Å². The van der Waals surface area contributed by atoms with Crippen LogP contribution in [0.4, 0.5) is 0 Å². The summed E-state index contributed by atoms with van der Waals surface area (Å²) in [7, 11) is 1.36. The third kappa shape index (κ3) is 12.0. The molecule has 0 aromatic heterocycles. The standard InChI is InChI=1S/C10H22O5P/c1-12-7-3-5-9-14-16(11)15-10-6-4-8-13-2/h3-10H2,1-2H3/q+1. The molecule has 0 aromatic rings. The Morgan fingerprint density at radius 1 is 0.750 bits per heavy atom. The smallest absolute Gasteiger partial charge is 0.385 e. The van der Waals surface area contributed by atoms with Crippen LogP contribution in [0.3, 0.4) is 0 Å². The molecule has 0 heterocycles. The molecule has 0 aliphatic heterocycles. The lowest BCUT2D eigenvalue weighted by molar-refractivity contribution is 0.170.